The van der Waals surface area contributed by atoms with Gasteiger partial charge in [-0.2, -0.15) is 0 Å². The summed E-state index contributed by atoms with van der Waals surface area (Å²) < 4.78 is 0. The van der Waals surface area contributed by atoms with Crippen molar-refractivity contribution in [1.29, 1.82) is 0 Å². The minimum Gasteiger partial charge on any atom is -0.319 e. The van der Waals surface area contributed by atoms with Crippen LogP contribution >= 0.6 is 0 Å². The van der Waals surface area contributed by atoms with E-state index in [0.717, 1.165) is 30.9 Å². The van der Waals surface area contributed by atoms with E-state index in [1.54, 1.807) is 6.92 Å². The third-order valence-corrected chi connectivity index (χ3v) is 5.47. The summed E-state index contributed by atoms with van der Waals surface area (Å²) in [6.45, 7) is 13.3. The molecule has 142 valence electrons. The summed E-state index contributed by atoms with van der Waals surface area (Å²) in [7, 11) is 0. The molecule has 0 atom stereocenters. The Morgan fingerprint density at radius 2 is 1.70 bits per heavy atom. The second-order valence-corrected chi connectivity index (χ2v) is 7.61. The van der Waals surface area contributed by atoms with Gasteiger partial charge in [-0.3, -0.25) is 9.69 Å². The van der Waals surface area contributed by atoms with E-state index >= 15 is 0 Å². The van der Waals surface area contributed by atoms with Crippen LogP contribution in [0, 0.1) is 6.92 Å². The van der Waals surface area contributed by atoms with Gasteiger partial charge in [-0.1, -0.05) is 42.8 Å². The van der Waals surface area contributed by atoms with E-state index < -0.39 is 0 Å². The van der Waals surface area contributed by atoms with Crippen molar-refractivity contribution >= 4 is 11.4 Å². The number of aryl methyl sites for hydroxylation is 1. The lowest BCUT2D eigenvalue weighted by molar-refractivity contribution is -0.113. The Morgan fingerprint density at radius 3 is 2.33 bits per heavy atom. The maximum Gasteiger partial charge on any atom is 0.161 e. The van der Waals surface area contributed by atoms with Crippen LogP contribution < -0.4 is 0 Å². The largest absolute Gasteiger partial charge is 0.319 e. The number of Topliss-reactive ketones (excluding diaryl/α,β-unsaturated/α-hetero) is 1. The molecule has 2 heterocycles. The van der Waals surface area contributed by atoms with E-state index in [4.69, 9.17) is 0 Å². The fraction of sp³-hybridized carbons (Fsp3) is 0.375. The van der Waals surface area contributed by atoms with Crippen LogP contribution in [0.15, 0.2) is 66.2 Å². The molecule has 1 saturated heterocycles. The molecule has 0 unspecified atom stereocenters. The first-order chi connectivity index (χ1) is 13.0. The quantitative estimate of drug-likeness (QED) is 0.730. The minimum absolute atomic E-state index is 0.0778. The van der Waals surface area contributed by atoms with Crippen molar-refractivity contribution in [2.45, 2.75) is 40.0 Å². The summed E-state index contributed by atoms with van der Waals surface area (Å²) >= 11 is 0. The number of ketones is 1. The van der Waals surface area contributed by atoms with Gasteiger partial charge in [0.2, 0.25) is 0 Å². The van der Waals surface area contributed by atoms with Crippen molar-refractivity contribution in [1.82, 2.24) is 9.80 Å². The highest BCUT2D eigenvalue weighted by Crippen LogP contribution is 2.29. The number of rotatable bonds is 5. The van der Waals surface area contributed by atoms with Gasteiger partial charge >= 0.3 is 0 Å². The Labute approximate surface area is 163 Å². The smallest absolute Gasteiger partial charge is 0.161 e. The Bertz CT molecular complexity index is 805. The Balaban J connectivity index is 2.02. The lowest BCUT2D eigenvalue weighted by atomic mass is 10.0. The lowest BCUT2D eigenvalue weighted by Crippen LogP contribution is -2.35. The fourth-order valence-electron chi connectivity index (χ4n) is 3.67. The number of hydrogen-bond acceptors (Lipinski definition) is 3. The molecule has 0 saturated carbocycles. The summed E-state index contributed by atoms with van der Waals surface area (Å²) in [4.78, 5) is 16.6. The van der Waals surface area contributed by atoms with Gasteiger partial charge in [-0.25, -0.2) is 0 Å². The monoisotopic (exact) mass is 362 g/mol. The summed E-state index contributed by atoms with van der Waals surface area (Å²) in [6, 6.07) is 8.66. The second kappa shape index (κ2) is 8.53. The third-order valence-electron chi connectivity index (χ3n) is 5.47. The Hall–Kier alpha value is -2.39. The first-order valence-corrected chi connectivity index (χ1v) is 9.84. The molecule has 0 bridgehead atoms. The minimum atomic E-state index is 0.0778. The van der Waals surface area contributed by atoms with Gasteiger partial charge in [0.15, 0.2) is 5.78 Å². The Kier molecular flexibility index (Phi) is 6.12. The number of piperidine rings is 1. The first kappa shape index (κ1) is 19.4. The molecule has 0 aromatic heterocycles. The number of carbonyl (C=O) groups is 1. The van der Waals surface area contributed by atoms with Crippen LogP contribution in [0.2, 0.25) is 0 Å². The van der Waals surface area contributed by atoms with Crippen molar-refractivity contribution in [3.63, 3.8) is 0 Å². The summed E-state index contributed by atoms with van der Waals surface area (Å²) in [5.74, 6) is 0.0778. The SMILES string of the molecule is C=C1C=CC(C(C)=O)=CN1/C(CN1CCCCC1)=C(\C)c1ccc(C)cc1. The van der Waals surface area contributed by atoms with E-state index in [2.05, 4.69) is 54.5 Å². The zero-order chi connectivity index (χ0) is 19.4. The highest BCUT2D eigenvalue weighted by atomic mass is 16.1. The standard InChI is InChI=1S/C24H30N2O/c1-18-8-11-22(12-9-18)20(3)24(17-25-14-6-5-7-15-25)26-16-23(21(4)27)13-10-19(26)2/h8-13,16H,2,5-7,14-15,17H2,1,3-4H3/b24-20+. The molecule has 0 N–H and O–H groups in total. The van der Waals surface area contributed by atoms with E-state index in [1.807, 2.05) is 18.4 Å². The van der Waals surface area contributed by atoms with Gasteiger partial charge in [0, 0.05) is 29.7 Å². The average molecular weight is 363 g/mol. The molecule has 1 aromatic rings. The van der Waals surface area contributed by atoms with Crippen LogP contribution in [0.5, 0.6) is 0 Å². The van der Waals surface area contributed by atoms with Crippen LogP contribution in [0.3, 0.4) is 0 Å². The summed E-state index contributed by atoms with van der Waals surface area (Å²) in [5, 5.41) is 0. The average Bonchev–Trinajstić information content (AvgIpc) is 2.67. The molecule has 2 aliphatic heterocycles. The predicted molar refractivity (Wildman–Crippen MR) is 113 cm³/mol. The van der Waals surface area contributed by atoms with Crippen LogP contribution in [0.25, 0.3) is 5.57 Å². The fourth-order valence-corrected chi connectivity index (χ4v) is 3.67. The molecule has 0 radical (unpaired) electrons. The molecular formula is C24H30N2O. The van der Waals surface area contributed by atoms with E-state index in [-0.39, 0.29) is 5.78 Å². The van der Waals surface area contributed by atoms with Crippen molar-refractivity contribution in [2.24, 2.45) is 0 Å². The molecular weight excluding hydrogens is 332 g/mol. The molecule has 1 aromatic carbocycles. The van der Waals surface area contributed by atoms with Crippen LogP contribution in [0.4, 0.5) is 0 Å². The third kappa shape index (κ3) is 4.67. The number of nitrogens with zero attached hydrogens (tertiary/aromatic N) is 2. The van der Waals surface area contributed by atoms with E-state index in [0.29, 0.717) is 0 Å². The molecule has 0 aliphatic carbocycles. The zero-order valence-electron chi connectivity index (χ0n) is 16.8. The first-order valence-electron chi connectivity index (χ1n) is 9.84. The summed E-state index contributed by atoms with van der Waals surface area (Å²) in [6.07, 6.45) is 9.58. The maximum atomic E-state index is 11.9. The molecule has 3 nitrogen and oxygen atoms in total. The van der Waals surface area contributed by atoms with Gasteiger partial charge < -0.3 is 4.90 Å². The molecule has 3 heteroatoms. The van der Waals surface area contributed by atoms with Gasteiger partial charge in [0.05, 0.1) is 0 Å². The molecule has 0 spiro atoms. The molecule has 2 aliphatic rings. The van der Waals surface area contributed by atoms with Gasteiger partial charge in [-0.15, -0.1) is 0 Å². The number of allylic oxidation sites excluding steroid dienone is 4. The molecule has 27 heavy (non-hydrogen) atoms. The zero-order valence-corrected chi connectivity index (χ0v) is 16.8. The second-order valence-electron chi connectivity index (χ2n) is 7.61. The van der Waals surface area contributed by atoms with Crippen LogP contribution in [-0.2, 0) is 4.79 Å². The lowest BCUT2D eigenvalue weighted by Gasteiger charge is -2.34. The van der Waals surface area contributed by atoms with Gasteiger partial charge in [0.1, 0.15) is 0 Å². The van der Waals surface area contributed by atoms with Crippen LogP contribution in [-0.4, -0.2) is 35.2 Å². The van der Waals surface area contributed by atoms with Gasteiger partial charge in [-0.05, 0) is 70.0 Å². The van der Waals surface area contributed by atoms with Crippen molar-refractivity contribution in [2.75, 3.05) is 19.6 Å². The molecule has 3 rings (SSSR count). The molecule has 0 amide bonds. The van der Waals surface area contributed by atoms with E-state index in [1.165, 1.54) is 41.7 Å². The highest BCUT2D eigenvalue weighted by molar-refractivity contribution is 5.96. The normalized spacial score (nSPS) is 19.0. The number of likely N-dealkylation sites (tertiary alicyclic amines) is 1. The van der Waals surface area contributed by atoms with Crippen molar-refractivity contribution in [3.8, 4) is 0 Å². The van der Waals surface area contributed by atoms with Crippen molar-refractivity contribution in [3.05, 3.63) is 77.3 Å². The van der Waals surface area contributed by atoms with E-state index in [9.17, 15) is 4.79 Å². The summed E-state index contributed by atoms with van der Waals surface area (Å²) in [5.41, 5.74) is 6.53. The number of hydrogen-bond donors (Lipinski definition) is 0. The molecule has 1 fully saturated rings. The topological polar surface area (TPSA) is 23.6 Å². The predicted octanol–water partition coefficient (Wildman–Crippen LogP) is 5.07. The maximum absolute atomic E-state index is 11.9. The Morgan fingerprint density at radius 1 is 1.04 bits per heavy atom. The van der Waals surface area contributed by atoms with Crippen molar-refractivity contribution < 1.29 is 4.79 Å². The highest BCUT2D eigenvalue weighted by Gasteiger charge is 2.21. The number of benzene rings is 1. The van der Waals surface area contributed by atoms with Gasteiger partial charge in [0.25, 0.3) is 0 Å². The van der Waals surface area contributed by atoms with Crippen LogP contribution in [0.1, 0.15) is 44.2 Å². The number of carbonyl (C=O) groups excluding carboxylic acids is 1.